The number of nitrogens with zero attached hydrogens (tertiary/aromatic N) is 1. The Morgan fingerprint density at radius 1 is 1.19 bits per heavy atom. The first-order chi connectivity index (χ1) is 12.5. The molecule has 1 amide bonds. The summed E-state index contributed by atoms with van der Waals surface area (Å²) in [6.07, 6.45) is 0. The average molecular weight is 432 g/mol. The van der Waals surface area contributed by atoms with Crippen molar-refractivity contribution in [2.75, 3.05) is 5.32 Å². The highest BCUT2D eigenvalue weighted by Crippen LogP contribution is 2.25. The van der Waals surface area contributed by atoms with Crippen LogP contribution in [0.3, 0.4) is 0 Å². The molecule has 0 aliphatic heterocycles. The zero-order chi connectivity index (χ0) is 20.4. The number of halogens is 2. The molecule has 1 atom stereocenters. The molecule has 2 aromatic rings. The lowest BCUT2D eigenvalue weighted by Crippen LogP contribution is -2.41. The third-order valence-electron chi connectivity index (χ3n) is 3.60. The van der Waals surface area contributed by atoms with Crippen molar-refractivity contribution >= 4 is 50.5 Å². The summed E-state index contributed by atoms with van der Waals surface area (Å²) in [7, 11) is -4.12. The smallest absolute Gasteiger partial charge is 0.271 e. The summed E-state index contributed by atoms with van der Waals surface area (Å²) in [5.74, 6) is -0.694. The number of hydrogen-bond acceptors (Lipinski definition) is 5. The van der Waals surface area contributed by atoms with E-state index in [0.29, 0.717) is 5.56 Å². The molecule has 2 aromatic carbocycles. The first-order valence-corrected chi connectivity index (χ1v) is 9.78. The monoisotopic (exact) mass is 431 g/mol. The van der Waals surface area contributed by atoms with Gasteiger partial charge in [0.2, 0.25) is 15.9 Å². The quantitative estimate of drug-likeness (QED) is 0.535. The van der Waals surface area contributed by atoms with E-state index in [1.54, 1.807) is 6.92 Å². The van der Waals surface area contributed by atoms with Gasteiger partial charge >= 0.3 is 0 Å². The number of amides is 1. The van der Waals surface area contributed by atoms with Gasteiger partial charge in [-0.05, 0) is 37.6 Å². The molecule has 0 radical (unpaired) electrons. The molecule has 2 N–H and O–H groups in total. The van der Waals surface area contributed by atoms with Gasteiger partial charge in [0.05, 0.1) is 21.7 Å². The number of aryl methyl sites for hydroxylation is 1. The zero-order valence-corrected chi connectivity index (χ0v) is 16.5. The molecule has 8 nitrogen and oxygen atoms in total. The van der Waals surface area contributed by atoms with E-state index in [9.17, 15) is 23.3 Å². The lowest BCUT2D eigenvalue weighted by atomic mass is 10.1. The van der Waals surface area contributed by atoms with Gasteiger partial charge in [0, 0.05) is 17.2 Å². The van der Waals surface area contributed by atoms with Crippen LogP contribution >= 0.6 is 23.2 Å². The number of non-ortho nitro benzene ring substituents is 1. The van der Waals surface area contributed by atoms with Crippen LogP contribution in [0.15, 0.2) is 41.3 Å². The largest absolute Gasteiger partial charge is 0.324 e. The Kier molecular flexibility index (Phi) is 6.42. The van der Waals surface area contributed by atoms with Crippen molar-refractivity contribution < 1.29 is 18.1 Å². The molecule has 0 aromatic heterocycles. The number of anilines is 1. The second kappa shape index (κ2) is 8.22. The number of nitrogens with one attached hydrogen (secondary N) is 2. The third kappa shape index (κ3) is 5.16. The Labute approximate surface area is 165 Å². The van der Waals surface area contributed by atoms with Gasteiger partial charge in [0.15, 0.2) is 0 Å². The number of nitro groups is 1. The maximum absolute atomic E-state index is 12.5. The van der Waals surface area contributed by atoms with Crippen molar-refractivity contribution in [1.82, 2.24) is 4.72 Å². The Morgan fingerprint density at radius 3 is 2.48 bits per heavy atom. The number of hydrogen-bond donors (Lipinski definition) is 2. The molecule has 0 unspecified atom stereocenters. The number of carbonyl (C=O) groups is 1. The van der Waals surface area contributed by atoms with E-state index in [4.69, 9.17) is 23.2 Å². The first-order valence-electron chi connectivity index (χ1n) is 7.54. The second-order valence-electron chi connectivity index (χ2n) is 5.66. The third-order valence-corrected chi connectivity index (χ3v) is 5.86. The van der Waals surface area contributed by atoms with Gasteiger partial charge in [0.1, 0.15) is 4.90 Å². The summed E-state index contributed by atoms with van der Waals surface area (Å²) in [6.45, 7) is 2.98. The SMILES string of the molecule is Cc1ccc([N+](=O)[O-])cc1NC(=O)[C@H](C)NS(=O)(=O)c1cc(Cl)ccc1Cl. The summed E-state index contributed by atoms with van der Waals surface area (Å²) in [5.41, 5.74) is 0.595. The van der Waals surface area contributed by atoms with E-state index in [1.165, 1.54) is 43.3 Å². The van der Waals surface area contributed by atoms with Gasteiger partial charge in [-0.25, -0.2) is 8.42 Å². The van der Waals surface area contributed by atoms with Crippen LogP contribution in [0.4, 0.5) is 11.4 Å². The van der Waals surface area contributed by atoms with Crippen LogP contribution in [-0.2, 0) is 14.8 Å². The summed E-state index contributed by atoms with van der Waals surface area (Å²) in [5, 5.41) is 13.5. The van der Waals surface area contributed by atoms with E-state index < -0.39 is 26.9 Å². The van der Waals surface area contributed by atoms with E-state index in [0.717, 1.165) is 0 Å². The summed E-state index contributed by atoms with van der Waals surface area (Å²) in [6, 6.07) is 6.74. The number of carbonyl (C=O) groups excluding carboxylic acids is 1. The van der Waals surface area contributed by atoms with Gasteiger partial charge in [-0.1, -0.05) is 29.3 Å². The van der Waals surface area contributed by atoms with Crippen molar-refractivity contribution in [3.05, 3.63) is 62.1 Å². The number of benzene rings is 2. The normalized spacial score (nSPS) is 12.4. The van der Waals surface area contributed by atoms with Gasteiger partial charge in [-0.15, -0.1) is 0 Å². The van der Waals surface area contributed by atoms with E-state index in [2.05, 4.69) is 10.0 Å². The summed E-state index contributed by atoms with van der Waals surface area (Å²) in [4.78, 5) is 22.3. The fourth-order valence-electron chi connectivity index (χ4n) is 2.13. The minimum atomic E-state index is -4.12. The minimum Gasteiger partial charge on any atom is -0.324 e. The maximum atomic E-state index is 12.5. The van der Waals surface area contributed by atoms with Crippen molar-refractivity contribution in [2.45, 2.75) is 24.8 Å². The molecule has 0 bridgehead atoms. The van der Waals surface area contributed by atoms with Crippen LogP contribution < -0.4 is 10.0 Å². The van der Waals surface area contributed by atoms with Crippen molar-refractivity contribution in [2.24, 2.45) is 0 Å². The predicted molar refractivity (Wildman–Crippen MR) is 103 cm³/mol. The van der Waals surface area contributed by atoms with Crippen LogP contribution in [0.5, 0.6) is 0 Å². The minimum absolute atomic E-state index is 0.0472. The molecule has 0 saturated carbocycles. The molecule has 0 fully saturated rings. The predicted octanol–water partition coefficient (Wildman–Crippen LogP) is 3.52. The Bertz CT molecular complexity index is 1010. The highest BCUT2D eigenvalue weighted by atomic mass is 35.5. The van der Waals surface area contributed by atoms with E-state index >= 15 is 0 Å². The van der Waals surface area contributed by atoms with Crippen LogP contribution in [0.25, 0.3) is 0 Å². The molecule has 144 valence electrons. The van der Waals surface area contributed by atoms with Gasteiger partial charge < -0.3 is 5.32 Å². The Morgan fingerprint density at radius 2 is 1.85 bits per heavy atom. The maximum Gasteiger partial charge on any atom is 0.271 e. The number of nitro benzene ring substituents is 1. The molecule has 0 aliphatic carbocycles. The Hall–Kier alpha value is -2.20. The van der Waals surface area contributed by atoms with Crippen molar-refractivity contribution in [3.8, 4) is 0 Å². The van der Waals surface area contributed by atoms with Gasteiger partial charge in [0.25, 0.3) is 5.69 Å². The highest BCUT2D eigenvalue weighted by Gasteiger charge is 2.25. The van der Waals surface area contributed by atoms with Crippen molar-refractivity contribution in [1.29, 1.82) is 0 Å². The van der Waals surface area contributed by atoms with Crippen molar-refractivity contribution in [3.63, 3.8) is 0 Å². The van der Waals surface area contributed by atoms with Gasteiger partial charge in [-0.3, -0.25) is 14.9 Å². The molecular formula is C16H15Cl2N3O5S. The lowest BCUT2D eigenvalue weighted by molar-refractivity contribution is -0.384. The zero-order valence-electron chi connectivity index (χ0n) is 14.2. The van der Waals surface area contributed by atoms with E-state index in [1.807, 2.05) is 0 Å². The van der Waals surface area contributed by atoms with Crippen LogP contribution in [-0.4, -0.2) is 25.3 Å². The summed E-state index contributed by atoms with van der Waals surface area (Å²) < 4.78 is 27.1. The molecule has 0 heterocycles. The van der Waals surface area contributed by atoms with E-state index in [-0.39, 0.29) is 26.3 Å². The molecule has 0 saturated heterocycles. The molecule has 27 heavy (non-hydrogen) atoms. The molecule has 0 spiro atoms. The standard InChI is InChI=1S/C16H15Cl2N3O5S/c1-9-3-5-12(21(23)24)8-14(9)19-16(22)10(2)20-27(25,26)15-7-11(17)4-6-13(15)18/h3-8,10,20H,1-2H3,(H,19,22)/t10-/m0/s1. The van der Waals surface area contributed by atoms with Crippen LogP contribution in [0, 0.1) is 17.0 Å². The first kappa shape index (κ1) is 21.1. The number of sulfonamides is 1. The fraction of sp³-hybridized carbons (Fsp3) is 0.188. The fourth-order valence-corrected chi connectivity index (χ4v) is 4.10. The molecule has 0 aliphatic rings. The lowest BCUT2D eigenvalue weighted by Gasteiger charge is -2.16. The molecule has 11 heteroatoms. The topological polar surface area (TPSA) is 118 Å². The Balaban J connectivity index is 2.19. The highest BCUT2D eigenvalue weighted by molar-refractivity contribution is 7.89. The van der Waals surface area contributed by atoms with Crippen LogP contribution in [0.2, 0.25) is 10.0 Å². The summed E-state index contributed by atoms with van der Waals surface area (Å²) >= 11 is 11.7. The molecular weight excluding hydrogens is 417 g/mol. The van der Waals surface area contributed by atoms with Gasteiger partial charge in [-0.2, -0.15) is 4.72 Å². The molecule has 2 rings (SSSR count). The second-order valence-corrected chi connectivity index (χ2v) is 8.19. The number of rotatable bonds is 6. The van der Waals surface area contributed by atoms with Crippen LogP contribution in [0.1, 0.15) is 12.5 Å². The average Bonchev–Trinajstić information content (AvgIpc) is 2.58.